The van der Waals surface area contributed by atoms with Crippen LogP contribution in [0.3, 0.4) is 0 Å². The third-order valence-electron chi connectivity index (χ3n) is 2.38. The van der Waals surface area contributed by atoms with Crippen molar-refractivity contribution in [2.75, 3.05) is 0 Å². The molecular weight excluding hydrogens is 198 g/mol. The standard InChI is InChI=1S/C9H13N3OS/c1-12-6-10-11-9(12)14-8-4-2-3-7(13)5-8/h6,8H,2-5H2,1H3. The van der Waals surface area contributed by atoms with E-state index in [2.05, 4.69) is 10.2 Å². The van der Waals surface area contributed by atoms with Gasteiger partial charge in [0, 0.05) is 25.1 Å². The first kappa shape index (κ1) is 9.71. The number of aryl methyl sites for hydroxylation is 1. The van der Waals surface area contributed by atoms with Crippen LogP contribution in [0.1, 0.15) is 25.7 Å². The SMILES string of the molecule is Cn1cnnc1SC1CCCC(=O)C1. The van der Waals surface area contributed by atoms with Gasteiger partial charge in [0.2, 0.25) is 0 Å². The van der Waals surface area contributed by atoms with Gasteiger partial charge in [-0.3, -0.25) is 4.79 Å². The van der Waals surface area contributed by atoms with E-state index in [1.54, 1.807) is 18.1 Å². The Morgan fingerprint density at radius 1 is 1.64 bits per heavy atom. The second-order valence-corrected chi connectivity index (χ2v) is 4.87. The van der Waals surface area contributed by atoms with Crippen LogP contribution in [0.4, 0.5) is 0 Å². The minimum Gasteiger partial charge on any atom is -0.312 e. The van der Waals surface area contributed by atoms with E-state index in [-0.39, 0.29) is 0 Å². The van der Waals surface area contributed by atoms with Crippen molar-refractivity contribution < 1.29 is 4.79 Å². The normalized spacial score (nSPS) is 22.6. The van der Waals surface area contributed by atoms with Crippen LogP contribution in [-0.2, 0) is 11.8 Å². The molecule has 1 aliphatic rings. The zero-order valence-corrected chi connectivity index (χ0v) is 8.96. The number of thioether (sulfide) groups is 1. The molecule has 1 saturated carbocycles. The van der Waals surface area contributed by atoms with Crippen molar-refractivity contribution in [3.63, 3.8) is 0 Å². The van der Waals surface area contributed by atoms with Crippen molar-refractivity contribution in [1.29, 1.82) is 0 Å². The summed E-state index contributed by atoms with van der Waals surface area (Å²) in [5.41, 5.74) is 0. The minimum atomic E-state index is 0.385. The van der Waals surface area contributed by atoms with Gasteiger partial charge in [0.25, 0.3) is 0 Å². The molecule has 14 heavy (non-hydrogen) atoms. The third kappa shape index (κ3) is 2.15. The Balaban J connectivity index is 1.97. The van der Waals surface area contributed by atoms with Gasteiger partial charge in [-0.1, -0.05) is 11.8 Å². The third-order valence-corrected chi connectivity index (χ3v) is 3.70. The second kappa shape index (κ2) is 4.13. The Labute approximate surface area is 87.1 Å². The molecule has 1 heterocycles. The van der Waals surface area contributed by atoms with E-state index < -0.39 is 0 Å². The fourth-order valence-corrected chi connectivity index (χ4v) is 2.77. The predicted molar refractivity (Wildman–Crippen MR) is 54.1 cm³/mol. The number of rotatable bonds is 2. The van der Waals surface area contributed by atoms with Crippen molar-refractivity contribution in [2.45, 2.75) is 36.1 Å². The molecule has 0 radical (unpaired) electrons. The van der Waals surface area contributed by atoms with Gasteiger partial charge in [-0.05, 0) is 12.8 Å². The highest BCUT2D eigenvalue weighted by molar-refractivity contribution is 7.99. The molecule has 1 fully saturated rings. The van der Waals surface area contributed by atoms with Crippen molar-refractivity contribution >= 4 is 17.5 Å². The molecule has 0 saturated heterocycles. The quantitative estimate of drug-likeness (QED) is 0.742. The molecule has 0 amide bonds. The molecular formula is C9H13N3OS. The molecule has 76 valence electrons. The highest BCUT2D eigenvalue weighted by Gasteiger charge is 2.21. The number of aromatic nitrogens is 3. The van der Waals surface area contributed by atoms with E-state index in [4.69, 9.17) is 0 Å². The van der Waals surface area contributed by atoms with Gasteiger partial charge in [0.05, 0.1) is 0 Å². The first-order chi connectivity index (χ1) is 6.75. The van der Waals surface area contributed by atoms with Crippen molar-refractivity contribution in [3.05, 3.63) is 6.33 Å². The van der Waals surface area contributed by atoms with Crippen molar-refractivity contribution in [3.8, 4) is 0 Å². The molecule has 1 aliphatic carbocycles. The molecule has 1 atom stereocenters. The van der Waals surface area contributed by atoms with Crippen molar-refractivity contribution in [1.82, 2.24) is 14.8 Å². The topological polar surface area (TPSA) is 47.8 Å². The first-order valence-electron chi connectivity index (χ1n) is 4.78. The number of carbonyl (C=O) groups excluding carboxylic acids is 1. The van der Waals surface area contributed by atoms with Gasteiger partial charge in [0.1, 0.15) is 12.1 Å². The molecule has 2 rings (SSSR count). The number of Topliss-reactive ketones (excluding diaryl/α,β-unsaturated/α-hetero) is 1. The van der Waals surface area contributed by atoms with Crippen LogP contribution in [0.25, 0.3) is 0 Å². The Bertz CT molecular complexity index is 337. The van der Waals surface area contributed by atoms with E-state index in [0.29, 0.717) is 17.5 Å². The summed E-state index contributed by atoms with van der Waals surface area (Å²) in [5, 5.41) is 9.12. The summed E-state index contributed by atoms with van der Waals surface area (Å²) in [7, 11) is 1.92. The molecule has 1 unspecified atom stereocenters. The summed E-state index contributed by atoms with van der Waals surface area (Å²) in [6.07, 6.45) is 5.28. The van der Waals surface area contributed by atoms with E-state index >= 15 is 0 Å². The van der Waals surface area contributed by atoms with Crippen LogP contribution >= 0.6 is 11.8 Å². The highest BCUT2D eigenvalue weighted by atomic mass is 32.2. The monoisotopic (exact) mass is 211 g/mol. The van der Waals surface area contributed by atoms with E-state index in [9.17, 15) is 4.79 Å². The maximum absolute atomic E-state index is 11.2. The highest BCUT2D eigenvalue weighted by Crippen LogP contribution is 2.30. The molecule has 4 nitrogen and oxygen atoms in total. The number of carbonyl (C=O) groups is 1. The van der Waals surface area contributed by atoms with Gasteiger partial charge in [-0.15, -0.1) is 10.2 Å². The van der Waals surface area contributed by atoms with E-state index in [0.717, 1.165) is 24.4 Å². The summed E-state index contributed by atoms with van der Waals surface area (Å²) in [6.45, 7) is 0. The van der Waals surface area contributed by atoms with Crippen LogP contribution in [0.15, 0.2) is 11.5 Å². The lowest BCUT2D eigenvalue weighted by molar-refractivity contribution is -0.120. The van der Waals surface area contributed by atoms with Gasteiger partial charge < -0.3 is 4.57 Å². The largest absolute Gasteiger partial charge is 0.312 e. The van der Waals surface area contributed by atoms with Crippen molar-refractivity contribution in [2.24, 2.45) is 7.05 Å². The molecule has 1 aromatic heterocycles. The molecule has 5 heteroatoms. The Morgan fingerprint density at radius 3 is 3.14 bits per heavy atom. The average Bonchev–Trinajstić information content (AvgIpc) is 2.52. The first-order valence-corrected chi connectivity index (χ1v) is 5.66. The predicted octanol–water partition coefficient (Wildman–Crippen LogP) is 1.42. The smallest absolute Gasteiger partial charge is 0.191 e. The maximum Gasteiger partial charge on any atom is 0.191 e. The summed E-state index contributed by atoms with van der Waals surface area (Å²) in [5.74, 6) is 0.385. The average molecular weight is 211 g/mol. The van der Waals surface area contributed by atoms with Gasteiger partial charge in [-0.2, -0.15) is 0 Å². The fourth-order valence-electron chi connectivity index (χ4n) is 1.61. The molecule has 0 aromatic carbocycles. The van der Waals surface area contributed by atoms with Crippen LogP contribution in [0, 0.1) is 0 Å². The zero-order chi connectivity index (χ0) is 9.97. The number of hydrogen-bond acceptors (Lipinski definition) is 4. The zero-order valence-electron chi connectivity index (χ0n) is 8.14. The molecule has 1 aromatic rings. The van der Waals surface area contributed by atoms with Gasteiger partial charge in [0.15, 0.2) is 5.16 Å². The molecule has 0 aliphatic heterocycles. The second-order valence-electron chi connectivity index (χ2n) is 3.60. The van der Waals surface area contributed by atoms with E-state index in [1.807, 2.05) is 11.6 Å². The van der Waals surface area contributed by atoms with Crippen LogP contribution in [0.5, 0.6) is 0 Å². The number of nitrogens with zero attached hydrogens (tertiary/aromatic N) is 3. The Hall–Kier alpha value is -0.840. The Kier molecular flexibility index (Phi) is 2.86. The Morgan fingerprint density at radius 2 is 2.50 bits per heavy atom. The summed E-state index contributed by atoms with van der Waals surface area (Å²) >= 11 is 1.67. The number of ketones is 1. The van der Waals surface area contributed by atoms with Gasteiger partial charge in [-0.25, -0.2) is 0 Å². The summed E-state index contributed by atoms with van der Waals surface area (Å²) < 4.78 is 1.89. The molecule has 0 N–H and O–H groups in total. The van der Waals surface area contributed by atoms with Crippen LogP contribution in [-0.4, -0.2) is 25.8 Å². The number of hydrogen-bond donors (Lipinski definition) is 0. The summed E-state index contributed by atoms with van der Waals surface area (Å²) in [4.78, 5) is 11.2. The minimum absolute atomic E-state index is 0.385. The molecule has 0 bridgehead atoms. The lowest BCUT2D eigenvalue weighted by Crippen LogP contribution is -2.17. The summed E-state index contributed by atoms with van der Waals surface area (Å²) in [6, 6.07) is 0. The van der Waals surface area contributed by atoms with E-state index in [1.165, 1.54) is 0 Å². The lowest BCUT2D eigenvalue weighted by atomic mass is 9.99. The maximum atomic E-state index is 11.2. The van der Waals surface area contributed by atoms with Crippen LogP contribution in [0.2, 0.25) is 0 Å². The lowest BCUT2D eigenvalue weighted by Gasteiger charge is -2.19. The van der Waals surface area contributed by atoms with Gasteiger partial charge >= 0.3 is 0 Å². The van der Waals surface area contributed by atoms with Crippen LogP contribution < -0.4 is 0 Å². The molecule has 0 spiro atoms. The fraction of sp³-hybridized carbons (Fsp3) is 0.667.